The molecule has 0 bridgehead atoms. The predicted molar refractivity (Wildman–Crippen MR) is 72.5 cm³/mol. The van der Waals surface area contributed by atoms with Crippen LogP contribution >= 0.6 is 23.8 Å². The third kappa shape index (κ3) is 3.87. The van der Waals surface area contributed by atoms with Gasteiger partial charge in [0, 0.05) is 11.1 Å². The van der Waals surface area contributed by atoms with Gasteiger partial charge in [-0.25, -0.2) is 0 Å². The van der Waals surface area contributed by atoms with Crippen LogP contribution in [0.25, 0.3) is 0 Å². The van der Waals surface area contributed by atoms with Gasteiger partial charge in [-0.05, 0) is 44.3 Å². The highest BCUT2D eigenvalue weighted by molar-refractivity contribution is 7.80. The van der Waals surface area contributed by atoms with Crippen LogP contribution in [0.4, 0.5) is 5.69 Å². The SMILES string of the molecule is COc1ccc(Cl)cc1NC(=S)NC(C)C. The van der Waals surface area contributed by atoms with Crippen molar-refractivity contribution < 1.29 is 4.74 Å². The van der Waals surface area contributed by atoms with E-state index in [2.05, 4.69) is 10.6 Å². The van der Waals surface area contributed by atoms with Gasteiger partial charge >= 0.3 is 0 Å². The maximum atomic E-state index is 5.90. The normalized spacial score (nSPS) is 10.1. The molecule has 0 heterocycles. The van der Waals surface area contributed by atoms with E-state index in [-0.39, 0.29) is 6.04 Å². The van der Waals surface area contributed by atoms with Crippen molar-refractivity contribution in [3.05, 3.63) is 23.2 Å². The van der Waals surface area contributed by atoms with Gasteiger partial charge in [0.15, 0.2) is 5.11 Å². The molecule has 3 nitrogen and oxygen atoms in total. The topological polar surface area (TPSA) is 33.3 Å². The Kier molecular flexibility index (Phi) is 4.83. The van der Waals surface area contributed by atoms with Crippen molar-refractivity contribution in [2.75, 3.05) is 12.4 Å². The molecular formula is C11H15ClN2OS. The Bertz CT molecular complexity index is 382. The molecule has 0 aliphatic carbocycles. The van der Waals surface area contributed by atoms with E-state index in [0.29, 0.717) is 15.9 Å². The summed E-state index contributed by atoms with van der Waals surface area (Å²) in [5.74, 6) is 0.706. The zero-order chi connectivity index (χ0) is 12.1. The molecule has 1 rings (SSSR count). The molecule has 0 atom stereocenters. The van der Waals surface area contributed by atoms with Crippen LogP contribution in [0.3, 0.4) is 0 Å². The monoisotopic (exact) mass is 258 g/mol. The number of methoxy groups -OCH3 is 1. The first-order valence-corrected chi connectivity index (χ1v) is 5.72. The van der Waals surface area contributed by atoms with E-state index >= 15 is 0 Å². The summed E-state index contributed by atoms with van der Waals surface area (Å²) in [4.78, 5) is 0. The maximum Gasteiger partial charge on any atom is 0.171 e. The van der Waals surface area contributed by atoms with Crippen molar-refractivity contribution in [2.45, 2.75) is 19.9 Å². The Hall–Kier alpha value is -1.00. The van der Waals surface area contributed by atoms with E-state index in [4.69, 9.17) is 28.6 Å². The van der Waals surface area contributed by atoms with Gasteiger partial charge in [-0.1, -0.05) is 11.6 Å². The number of halogens is 1. The van der Waals surface area contributed by atoms with Gasteiger partial charge in [0.1, 0.15) is 5.75 Å². The standard InChI is InChI=1S/C11H15ClN2OS/c1-7(2)13-11(16)14-9-6-8(12)4-5-10(9)15-3/h4-7H,1-3H3,(H2,13,14,16). The molecule has 1 aromatic carbocycles. The minimum absolute atomic E-state index is 0.283. The zero-order valence-electron chi connectivity index (χ0n) is 9.50. The molecule has 5 heteroatoms. The number of ether oxygens (including phenoxy) is 1. The number of thiocarbonyl (C=S) groups is 1. The Balaban J connectivity index is 2.79. The van der Waals surface area contributed by atoms with E-state index < -0.39 is 0 Å². The summed E-state index contributed by atoms with van der Waals surface area (Å²) in [7, 11) is 1.60. The van der Waals surface area contributed by atoms with Crippen LogP contribution in [-0.2, 0) is 0 Å². The predicted octanol–water partition coefficient (Wildman–Crippen LogP) is 3.04. The first-order valence-electron chi connectivity index (χ1n) is 4.94. The highest BCUT2D eigenvalue weighted by atomic mass is 35.5. The molecule has 1 aromatic rings. The van der Waals surface area contributed by atoms with Gasteiger partial charge in [-0.3, -0.25) is 0 Å². The number of nitrogens with one attached hydrogen (secondary N) is 2. The maximum absolute atomic E-state index is 5.90. The van der Waals surface area contributed by atoms with Crippen LogP contribution in [0.15, 0.2) is 18.2 Å². The minimum Gasteiger partial charge on any atom is -0.495 e. The average Bonchev–Trinajstić information content (AvgIpc) is 2.16. The van der Waals surface area contributed by atoms with Crippen molar-refractivity contribution in [2.24, 2.45) is 0 Å². The fourth-order valence-electron chi connectivity index (χ4n) is 1.20. The Morgan fingerprint density at radius 1 is 1.44 bits per heavy atom. The van der Waals surface area contributed by atoms with Crippen LogP contribution in [0.1, 0.15) is 13.8 Å². The van der Waals surface area contributed by atoms with E-state index in [1.807, 2.05) is 13.8 Å². The highest BCUT2D eigenvalue weighted by Gasteiger charge is 2.06. The van der Waals surface area contributed by atoms with E-state index in [9.17, 15) is 0 Å². The number of benzene rings is 1. The summed E-state index contributed by atoms with van der Waals surface area (Å²) in [5.41, 5.74) is 0.758. The summed E-state index contributed by atoms with van der Waals surface area (Å²) in [6, 6.07) is 5.62. The molecule has 2 N–H and O–H groups in total. The lowest BCUT2D eigenvalue weighted by Crippen LogP contribution is -2.33. The Morgan fingerprint density at radius 2 is 2.12 bits per heavy atom. The number of rotatable bonds is 3. The van der Waals surface area contributed by atoms with Crippen molar-refractivity contribution >= 4 is 34.6 Å². The molecule has 0 aliphatic heterocycles. The molecule has 0 radical (unpaired) electrons. The molecule has 0 spiro atoms. The molecule has 0 aromatic heterocycles. The molecule has 16 heavy (non-hydrogen) atoms. The molecule has 0 amide bonds. The highest BCUT2D eigenvalue weighted by Crippen LogP contribution is 2.27. The average molecular weight is 259 g/mol. The quantitative estimate of drug-likeness (QED) is 0.817. The lowest BCUT2D eigenvalue weighted by Gasteiger charge is -2.15. The molecule has 0 unspecified atom stereocenters. The second-order valence-electron chi connectivity index (χ2n) is 3.60. The summed E-state index contributed by atoms with van der Waals surface area (Å²) >= 11 is 11.0. The molecular weight excluding hydrogens is 244 g/mol. The van der Waals surface area contributed by atoms with Crippen molar-refractivity contribution in [1.82, 2.24) is 5.32 Å². The number of hydrogen-bond donors (Lipinski definition) is 2. The summed E-state index contributed by atoms with van der Waals surface area (Å²) < 4.78 is 5.20. The van der Waals surface area contributed by atoms with Gasteiger partial charge in [-0.2, -0.15) is 0 Å². The molecule has 0 fully saturated rings. The molecule has 0 saturated carbocycles. The fourth-order valence-corrected chi connectivity index (χ4v) is 1.72. The van der Waals surface area contributed by atoms with E-state index in [1.165, 1.54) is 0 Å². The first-order chi connectivity index (χ1) is 7.52. The molecule has 88 valence electrons. The largest absolute Gasteiger partial charge is 0.495 e. The summed E-state index contributed by atoms with van der Waals surface area (Å²) in [6.07, 6.45) is 0. The van der Waals surface area contributed by atoms with Crippen molar-refractivity contribution in [1.29, 1.82) is 0 Å². The second-order valence-corrected chi connectivity index (χ2v) is 4.44. The van der Waals surface area contributed by atoms with Crippen LogP contribution in [0.2, 0.25) is 5.02 Å². The van der Waals surface area contributed by atoms with Gasteiger partial charge in [0.25, 0.3) is 0 Å². The van der Waals surface area contributed by atoms with Crippen LogP contribution in [0, 0.1) is 0 Å². The summed E-state index contributed by atoms with van der Waals surface area (Å²) in [5, 5.41) is 7.31. The van der Waals surface area contributed by atoms with Gasteiger partial charge in [0.2, 0.25) is 0 Å². The number of anilines is 1. The fraction of sp³-hybridized carbons (Fsp3) is 0.364. The van der Waals surface area contributed by atoms with Crippen LogP contribution < -0.4 is 15.4 Å². The first kappa shape index (κ1) is 13.1. The summed E-state index contributed by atoms with van der Waals surface area (Å²) in [6.45, 7) is 4.03. The van der Waals surface area contributed by atoms with Crippen molar-refractivity contribution in [3.8, 4) is 5.75 Å². The molecule has 0 aliphatic rings. The minimum atomic E-state index is 0.283. The van der Waals surface area contributed by atoms with Gasteiger partial charge in [0.05, 0.1) is 12.8 Å². The molecule has 0 saturated heterocycles. The second kappa shape index (κ2) is 5.92. The van der Waals surface area contributed by atoms with Crippen molar-refractivity contribution in [3.63, 3.8) is 0 Å². The lowest BCUT2D eigenvalue weighted by molar-refractivity contribution is 0.417. The van der Waals surface area contributed by atoms with Crippen LogP contribution in [0.5, 0.6) is 5.75 Å². The zero-order valence-corrected chi connectivity index (χ0v) is 11.1. The lowest BCUT2D eigenvalue weighted by atomic mass is 10.3. The van der Waals surface area contributed by atoms with E-state index in [1.54, 1.807) is 25.3 Å². The van der Waals surface area contributed by atoms with E-state index in [0.717, 1.165) is 5.69 Å². The van der Waals surface area contributed by atoms with Crippen LogP contribution in [-0.4, -0.2) is 18.3 Å². The van der Waals surface area contributed by atoms with Gasteiger partial charge < -0.3 is 15.4 Å². The smallest absolute Gasteiger partial charge is 0.171 e. The Labute approximate surface area is 106 Å². The number of hydrogen-bond acceptors (Lipinski definition) is 2. The third-order valence-electron chi connectivity index (χ3n) is 1.83. The Morgan fingerprint density at radius 3 is 2.69 bits per heavy atom. The third-order valence-corrected chi connectivity index (χ3v) is 2.28. The van der Waals surface area contributed by atoms with Gasteiger partial charge in [-0.15, -0.1) is 0 Å².